The highest BCUT2D eigenvalue weighted by atomic mass is 19.4. The topological polar surface area (TPSA) is 0 Å². The molecule has 0 aliphatic rings. The van der Waals surface area contributed by atoms with Gasteiger partial charge in [-0.15, -0.1) is 0 Å². The van der Waals surface area contributed by atoms with E-state index in [4.69, 9.17) is 0 Å². The van der Waals surface area contributed by atoms with Crippen molar-refractivity contribution in [1.29, 1.82) is 0 Å². The second kappa shape index (κ2) is 4.23. The van der Waals surface area contributed by atoms with Crippen LogP contribution in [0.3, 0.4) is 0 Å². The number of hydrogen-bond donors (Lipinski definition) is 0. The number of halogens is 5. The van der Waals surface area contributed by atoms with Crippen molar-refractivity contribution in [2.75, 3.05) is 0 Å². The summed E-state index contributed by atoms with van der Waals surface area (Å²) in [6.07, 6.45) is -4.90. The monoisotopic (exact) mass is 236 g/mol. The van der Waals surface area contributed by atoms with Crippen LogP contribution < -0.4 is 0 Å². The molecule has 1 aromatic carbocycles. The summed E-state index contributed by atoms with van der Waals surface area (Å²) in [4.78, 5) is 0. The number of benzene rings is 1. The van der Waals surface area contributed by atoms with E-state index in [0.29, 0.717) is 11.1 Å². The van der Waals surface area contributed by atoms with Crippen LogP contribution in [0.25, 0.3) is 6.08 Å². The molecule has 0 nitrogen and oxygen atoms in total. The first-order valence-corrected chi connectivity index (χ1v) is 4.43. The minimum absolute atomic E-state index is 0.130. The molecule has 0 fully saturated rings. The summed E-state index contributed by atoms with van der Waals surface area (Å²) in [5.74, 6) is -4.80. The maximum atomic E-state index is 12.5. The van der Waals surface area contributed by atoms with Gasteiger partial charge in [-0.2, -0.15) is 22.0 Å². The van der Waals surface area contributed by atoms with Crippen molar-refractivity contribution in [3.8, 4) is 0 Å². The highest BCUT2D eigenvalue weighted by molar-refractivity contribution is 5.54. The van der Waals surface area contributed by atoms with Crippen LogP contribution in [-0.4, -0.2) is 12.1 Å². The van der Waals surface area contributed by atoms with Gasteiger partial charge in [-0.25, -0.2) is 0 Å². The Kier molecular flexibility index (Phi) is 3.35. The molecule has 0 spiro atoms. The molecule has 88 valence electrons. The predicted molar refractivity (Wildman–Crippen MR) is 51.2 cm³/mol. The lowest BCUT2D eigenvalue weighted by atomic mass is 10.1. The smallest absolute Gasteiger partial charge is 0.191 e. The van der Waals surface area contributed by atoms with Gasteiger partial charge in [-0.05, 0) is 24.1 Å². The first-order valence-electron chi connectivity index (χ1n) is 4.43. The van der Waals surface area contributed by atoms with Gasteiger partial charge in [0.2, 0.25) is 0 Å². The SMILES string of the molecule is Cc1ccccc1/C=C/C(F)(F)C(F)(F)F. The molecule has 0 aliphatic heterocycles. The molecule has 5 heteroatoms. The molecular formula is C11H9F5. The third-order valence-corrected chi connectivity index (χ3v) is 2.04. The van der Waals surface area contributed by atoms with Crippen LogP contribution in [0.15, 0.2) is 30.3 Å². The molecule has 0 saturated carbocycles. The van der Waals surface area contributed by atoms with E-state index in [-0.39, 0.29) is 6.08 Å². The molecule has 1 aromatic rings. The zero-order chi connectivity index (χ0) is 12.4. The number of aryl methyl sites for hydroxylation is 1. The number of hydrogen-bond acceptors (Lipinski definition) is 0. The molecule has 0 N–H and O–H groups in total. The molecule has 0 bridgehead atoms. The Balaban J connectivity index is 2.94. The molecule has 16 heavy (non-hydrogen) atoms. The number of rotatable bonds is 2. The zero-order valence-electron chi connectivity index (χ0n) is 8.35. The molecule has 0 amide bonds. The molecular weight excluding hydrogens is 227 g/mol. The van der Waals surface area contributed by atoms with Crippen molar-refractivity contribution >= 4 is 6.08 Å². The normalized spacial score (nSPS) is 13.4. The van der Waals surface area contributed by atoms with E-state index in [1.165, 1.54) is 6.07 Å². The lowest BCUT2D eigenvalue weighted by Crippen LogP contribution is -2.33. The van der Waals surface area contributed by atoms with E-state index < -0.39 is 12.1 Å². The van der Waals surface area contributed by atoms with Gasteiger partial charge in [0.05, 0.1) is 0 Å². The number of allylic oxidation sites excluding steroid dienone is 1. The van der Waals surface area contributed by atoms with E-state index in [1.54, 1.807) is 25.1 Å². The minimum Gasteiger partial charge on any atom is -0.191 e. The fourth-order valence-electron chi connectivity index (χ4n) is 1.06. The second-order valence-electron chi connectivity index (χ2n) is 3.31. The Morgan fingerprint density at radius 3 is 2.06 bits per heavy atom. The van der Waals surface area contributed by atoms with Crippen LogP contribution in [0.5, 0.6) is 0 Å². The maximum absolute atomic E-state index is 12.5. The first-order chi connectivity index (χ1) is 7.24. The first kappa shape index (κ1) is 12.7. The summed E-state index contributed by atoms with van der Waals surface area (Å²) in [6, 6.07) is 6.34. The summed E-state index contributed by atoms with van der Waals surface area (Å²) < 4.78 is 60.6. The van der Waals surface area contributed by atoms with Crippen LogP contribution in [0, 0.1) is 6.92 Å². The lowest BCUT2D eigenvalue weighted by Gasteiger charge is -2.15. The Morgan fingerprint density at radius 2 is 1.56 bits per heavy atom. The minimum atomic E-state index is -5.55. The van der Waals surface area contributed by atoms with E-state index in [2.05, 4.69) is 0 Å². The summed E-state index contributed by atoms with van der Waals surface area (Å²) in [5, 5.41) is 0. The zero-order valence-corrected chi connectivity index (χ0v) is 8.35. The Morgan fingerprint density at radius 1 is 1.00 bits per heavy atom. The fraction of sp³-hybridized carbons (Fsp3) is 0.273. The van der Waals surface area contributed by atoms with Gasteiger partial charge in [0, 0.05) is 0 Å². The lowest BCUT2D eigenvalue weighted by molar-refractivity contribution is -0.258. The van der Waals surface area contributed by atoms with Crippen LogP contribution in [0.1, 0.15) is 11.1 Å². The van der Waals surface area contributed by atoms with Gasteiger partial charge in [0.25, 0.3) is 0 Å². The van der Waals surface area contributed by atoms with E-state index >= 15 is 0 Å². The Bertz CT molecular complexity index is 390. The third-order valence-electron chi connectivity index (χ3n) is 2.04. The van der Waals surface area contributed by atoms with E-state index in [0.717, 1.165) is 6.08 Å². The molecule has 0 aliphatic carbocycles. The predicted octanol–water partition coefficient (Wildman–Crippen LogP) is 4.21. The van der Waals surface area contributed by atoms with Crippen LogP contribution in [-0.2, 0) is 0 Å². The van der Waals surface area contributed by atoms with Crippen LogP contribution in [0.2, 0.25) is 0 Å². The van der Waals surface area contributed by atoms with Crippen molar-refractivity contribution in [2.45, 2.75) is 19.0 Å². The van der Waals surface area contributed by atoms with Crippen molar-refractivity contribution < 1.29 is 22.0 Å². The van der Waals surface area contributed by atoms with E-state index in [1.807, 2.05) is 0 Å². The van der Waals surface area contributed by atoms with Crippen LogP contribution in [0.4, 0.5) is 22.0 Å². The molecule has 0 radical (unpaired) electrons. The highest BCUT2D eigenvalue weighted by Crippen LogP contribution is 2.36. The molecule has 0 unspecified atom stereocenters. The average molecular weight is 236 g/mol. The summed E-state index contributed by atoms with van der Waals surface area (Å²) in [7, 11) is 0. The summed E-state index contributed by atoms with van der Waals surface area (Å²) in [5.41, 5.74) is 0.975. The van der Waals surface area contributed by atoms with Gasteiger partial charge >= 0.3 is 12.1 Å². The van der Waals surface area contributed by atoms with Gasteiger partial charge in [-0.3, -0.25) is 0 Å². The standard InChI is InChI=1S/C11H9F5/c1-8-4-2-3-5-9(8)6-7-10(12,13)11(14,15)16/h2-7H,1H3/b7-6+. The Labute approximate surface area is 89.4 Å². The van der Waals surface area contributed by atoms with Crippen molar-refractivity contribution in [3.63, 3.8) is 0 Å². The average Bonchev–Trinajstić information content (AvgIpc) is 2.15. The van der Waals surface area contributed by atoms with Crippen LogP contribution >= 0.6 is 0 Å². The number of alkyl halides is 5. The van der Waals surface area contributed by atoms with Gasteiger partial charge in [0.1, 0.15) is 0 Å². The summed E-state index contributed by atoms with van der Waals surface area (Å²) >= 11 is 0. The molecule has 0 heterocycles. The third kappa shape index (κ3) is 2.81. The largest absolute Gasteiger partial charge is 0.457 e. The quantitative estimate of drug-likeness (QED) is 0.675. The molecule has 0 atom stereocenters. The van der Waals surface area contributed by atoms with Crippen molar-refractivity contribution in [1.82, 2.24) is 0 Å². The van der Waals surface area contributed by atoms with Crippen molar-refractivity contribution in [3.05, 3.63) is 41.5 Å². The summed E-state index contributed by atoms with van der Waals surface area (Å²) in [6.45, 7) is 1.63. The van der Waals surface area contributed by atoms with Gasteiger partial charge in [0.15, 0.2) is 0 Å². The highest BCUT2D eigenvalue weighted by Gasteiger charge is 2.55. The molecule has 0 saturated heterocycles. The van der Waals surface area contributed by atoms with Gasteiger partial charge in [-0.1, -0.05) is 30.3 Å². The van der Waals surface area contributed by atoms with Gasteiger partial charge < -0.3 is 0 Å². The fourth-order valence-corrected chi connectivity index (χ4v) is 1.06. The Hall–Kier alpha value is -1.39. The second-order valence-corrected chi connectivity index (χ2v) is 3.31. The van der Waals surface area contributed by atoms with E-state index in [9.17, 15) is 22.0 Å². The molecule has 1 rings (SSSR count). The molecule has 0 aromatic heterocycles. The maximum Gasteiger partial charge on any atom is 0.457 e. The van der Waals surface area contributed by atoms with Crippen molar-refractivity contribution in [2.24, 2.45) is 0 Å².